The van der Waals surface area contributed by atoms with Gasteiger partial charge in [0.25, 0.3) is 0 Å². The molecule has 0 aliphatic carbocycles. The lowest BCUT2D eigenvalue weighted by Crippen LogP contribution is -2.25. The fraction of sp³-hybridized carbons (Fsp3) is 0.250. The maximum Gasteiger partial charge on any atom is 0.335 e. The van der Waals surface area contributed by atoms with E-state index >= 15 is 0 Å². The largest absolute Gasteiger partial charge is 0.467 e. The van der Waals surface area contributed by atoms with Crippen molar-refractivity contribution >= 4 is 18.0 Å². The van der Waals surface area contributed by atoms with E-state index in [0.717, 1.165) is 0 Å². The topological polar surface area (TPSA) is 87.4 Å². The highest BCUT2D eigenvalue weighted by Gasteiger charge is 2.18. The number of nitrogens with one attached hydrogen (secondary N) is 1. The van der Waals surface area contributed by atoms with E-state index in [1.54, 1.807) is 24.3 Å². The van der Waals surface area contributed by atoms with Gasteiger partial charge in [0.05, 0.1) is 7.11 Å². The summed E-state index contributed by atoms with van der Waals surface area (Å²) >= 11 is 0. The molecule has 2 N–H and O–H groups in total. The van der Waals surface area contributed by atoms with E-state index in [-0.39, 0.29) is 12.1 Å². The molecule has 17 heavy (non-hydrogen) atoms. The Balaban J connectivity index is 2.69. The molecule has 0 aromatic heterocycles. The van der Waals surface area contributed by atoms with E-state index in [1.165, 1.54) is 7.11 Å². The monoisotopic (exact) mass is 235 g/mol. The molecule has 0 amide bonds. The summed E-state index contributed by atoms with van der Waals surface area (Å²) in [6, 6.07) is 6.33. The van der Waals surface area contributed by atoms with Crippen LogP contribution in [0.1, 0.15) is 22.3 Å². The number of esters is 1. The normalized spacial score (nSPS) is 11.6. The predicted molar refractivity (Wildman–Crippen MR) is 61.3 cm³/mol. The molecule has 0 aliphatic heterocycles. The molecule has 0 fully saturated rings. The van der Waals surface area contributed by atoms with Crippen LogP contribution in [0.5, 0.6) is 0 Å². The van der Waals surface area contributed by atoms with Crippen LogP contribution in [0.25, 0.3) is 0 Å². The van der Waals surface area contributed by atoms with Crippen molar-refractivity contribution in [3.8, 4) is 0 Å². The Morgan fingerprint density at radius 2 is 2.06 bits per heavy atom. The van der Waals surface area contributed by atoms with Gasteiger partial charge in [-0.3, -0.25) is 4.79 Å². The quantitative estimate of drug-likeness (QED) is 0.448. The number of carbonyl (C=O) groups excluding carboxylic acids is 2. The summed E-state index contributed by atoms with van der Waals surface area (Å²) in [7, 11) is 1.17. The van der Waals surface area contributed by atoms with Crippen LogP contribution in [0.4, 0.5) is 0 Å². The van der Waals surface area contributed by atoms with Gasteiger partial charge in [0.1, 0.15) is 6.29 Å². The number of methoxy groups -OCH3 is 1. The Bertz CT molecular complexity index is 425. The summed E-state index contributed by atoms with van der Waals surface area (Å²) in [6.07, 6.45) is -0.748. The lowest BCUT2D eigenvalue weighted by atomic mass is 10.0. The third kappa shape index (κ3) is 3.49. The van der Waals surface area contributed by atoms with E-state index in [4.69, 9.17) is 5.41 Å². The first kappa shape index (κ1) is 13.1. The SMILES string of the molecule is COC(=O)C(O)CC(=N)c1ccc(C=O)cc1. The number of aldehydes is 1. The van der Waals surface area contributed by atoms with Gasteiger partial charge < -0.3 is 15.3 Å². The van der Waals surface area contributed by atoms with Gasteiger partial charge in [-0.05, 0) is 5.56 Å². The van der Waals surface area contributed by atoms with Crippen molar-refractivity contribution in [3.63, 3.8) is 0 Å². The van der Waals surface area contributed by atoms with Crippen LogP contribution in [0, 0.1) is 5.41 Å². The molecule has 1 rings (SSSR count). The van der Waals surface area contributed by atoms with Gasteiger partial charge in [0.2, 0.25) is 0 Å². The second-order valence-corrected chi connectivity index (χ2v) is 3.46. The van der Waals surface area contributed by atoms with Crippen LogP contribution in [0.3, 0.4) is 0 Å². The molecular weight excluding hydrogens is 222 g/mol. The summed E-state index contributed by atoms with van der Waals surface area (Å²) in [4.78, 5) is 21.4. The number of rotatable bonds is 5. The molecule has 1 atom stereocenters. The van der Waals surface area contributed by atoms with E-state index in [9.17, 15) is 14.7 Å². The number of hydrogen-bond donors (Lipinski definition) is 2. The minimum Gasteiger partial charge on any atom is -0.467 e. The summed E-state index contributed by atoms with van der Waals surface area (Å²) in [5.74, 6) is -0.765. The highest BCUT2D eigenvalue weighted by Crippen LogP contribution is 2.08. The third-order valence-electron chi connectivity index (χ3n) is 2.27. The molecule has 5 nitrogen and oxygen atoms in total. The Labute approximate surface area is 98.5 Å². The molecule has 0 aliphatic rings. The van der Waals surface area contributed by atoms with Gasteiger partial charge in [-0.1, -0.05) is 24.3 Å². The van der Waals surface area contributed by atoms with E-state index in [2.05, 4.69) is 4.74 Å². The molecule has 5 heteroatoms. The van der Waals surface area contributed by atoms with Gasteiger partial charge in [0.15, 0.2) is 6.10 Å². The van der Waals surface area contributed by atoms with Crippen molar-refractivity contribution in [2.45, 2.75) is 12.5 Å². The van der Waals surface area contributed by atoms with Gasteiger partial charge >= 0.3 is 5.97 Å². The highest BCUT2D eigenvalue weighted by molar-refractivity contribution is 6.00. The van der Waals surface area contributed by atoms with E-state index in [0.29, 0.717) is 17.4 Å². The molecule has 90 valence electrons. The second-order valence-electron chi connectivity index (χ2n) is 3.46. The zero-order valence-electron chi connectivity index (χ0n) is 9.34. The smallest absolute Gasteiger partial charge is 0.335 e. The van der Waals surface area contributed by atoms with E-state index in [1.807, 2.05) is 0 Å². The Hall–Kier alpha value is -2.01. The van der Waals surface area contributed by atoms with Crippen molar-refractivity contribution in [3.05, 3.63) is 35.4 Å². The average Bonchev–Trinajstić information content (AvgIpc) is 2.37. The van der Waals surface area contributed by atoms with Gasteiger partial charge in [-0.2, -0.15) is 0 Å². The number of aliphatic hydroxyl groups excluding tert-OH is 1. The second kappa shape index (κ2) is 5.91. The minimum absolute atomic E-state index is 0.111. The number of carbonyl (C=O) groups is 2. The van der Waals surface area contributed by atoms with Crippen molar-refractivity contribution in [2.24, 2.45) is 0 Å². The first-order valence-corrected chi connectivity index (χ1v) is 4.97. The van der Waals surface area contributed by atoms with Crippen molar-refractivity contribution in [1.29, 1.82) is 5.41 Å². The van der Waals surface area contributed by atoms with Crippen molar-refractivity contribution in [1.82, 2.24) is 0 Å². The van der Waals surface area contributed by atoms with Crippen molar-refractivity contribution in [2.75, 3.05) is 7.11 Å². The van der Waals surface area contributed by atoms with Crippen LogP contribution in [-0.2, 0) is 9.53 Å². The Kier molecular flexibility index (Phi) is 4.54. The van der Waals surface area contributed by atoms with Crippen LogP contribution in [-0.4, -0.2) is 36.3 Å². The van der Waals surface area contributed by atoms with Crippen LogP contribution >= 0.6 is 0 Å². The van der Waals surface area contributed by atoms with Crippen LogP contribution in [0.2, 0.25) is 0 Å². The minimum atomic E-state index is -1.33. The molecule has 0 bridgehead atoms. The number of benzene rings is 1. The van der Waals surface area contributed by atoms with Crippen molar-refractivity contribution < 1.29 is 19.4 Å². The molecule has 0 saturated carbocycles. The molecule has 0 heterocycles. The molecule has 1 aromatic rings. The third-order valence-corrected chi connectivity index (χ3v) is 2.27. The summed E-state index contributed by atoms with van der Waals surface area (Å²) < 4.78 is 4.35. The highest BCUT2D eigenvalue weighted by atomic mass is 16.5. The molecule has 0 radical (unpaired) electrons. The van der Waals surface area contributed by atoms with Crippen LogP contribution in [0.15, 0.2) is 24.3 Å². The zero-order chi connectivity index (χ0) is 12.8. The first-order chi connectivity index (χ1) is 8.08. The zero-order valence-corrected chi connectivity index (χ0v) is 9.34. The van der Waals surface area contributed by atoms with E-state index < -0.39 is 12.1 Å². The number of aliphatic hydroxyl groups is 1. The molecule has 1 aromatic carbocycles. The average molecular weight is 235 g/mol. The molecule has 0 saturated heterocycles. The van der Waals surface area contributed by atoms with Gasteiger partial charge in [-0.25, -0.2) is 4.79 Å². The fourth-order valence-corrected chi connectivity index (χ4v) is 1.29. The fourth-order valence-electron chi connectivity index (χ4n) is 1.29. The summed E-state index contributed by atoms with van der Waals surface area (Å²) in [5, 5.41) is 17.1. The Morgan fingerprint density at radius 1 is 1.47 bits per heavy atom. The summed E-state index contributed by atoms with van der Waals surface area (Å²) in [5.41, 5.74) is 1.17. The van der Waals surface area contributed by atoms with Crippen LogP contribution < -0.4 is 0 Å². The van der Waals surface area contributed by atoms with Gasteiger partial charge in [0, 0.05) is 17.7 Å². The standard InChI is InChI=1S/C12H13NO4/c1-17-12(16)11(15)6-10(13)9-4-2-8(7-14)3-5-9/h2-5,7,11,13,15H,6H2,1H3. The summed E-state index contributed by atoms with van der Waals surface area (Å²) in [6.45, 7) is 0. The molecule has 1 unspecified atom stereocenters. The first-order valence-electron chi connectivity index (χ1n) is 4.97. The Morgan fingerprint density at radius 3 is 2.53 bits per heavy atom. The molecule has 0 spiro atoms. The maximum atomic E-state index is 11.0. The number of ether oxygens (including phenoxy) is 1. The maximum absolute atomic E-state index is 11.0. The lowest BCUT2D eigenvalue weighted by molar-refractivity contribution is -0.149. The molecular formula is C12H13NO4. The lowest BCUT2D eigenvalue weighted by Gasteiger charge is -2.09. The van der Waals surface area contributed by atoms with Gasteiger partial charge in [-0.15, -0.1) is 0 Å². The number of hydrogen-bond acceptors (Lipinski definition) is 5. The predicted octanol–water partition coefficient (Wildman–Crippen LogP) is 0.791.